The Labute approximate surface area is 128 Å². The van der Waals surface area contributed by atoms with Gasteiger partial charge in [0.05, 0.1) is 31.9 Å². The first kappa shape index (κ1) is 14.2. The maximum Gasteiger partial charge on any atom is 0.246 e. The molecule has 0 spiro atoms. The second kappa shape index (κ2) is 6.34. The molecule has 0 saturated heterocycles. The summed E-state index contributed by atoms with van der Waals surface area (Å²) in [6, 6.07) is 6.98. The van der Waals surface area contributed by atoms with Gasteiger partial charge >= 0.3 is 0 Å². The van der Waals surface area contributed by atoms with Gasteiger partial charge in [0.1, 0.15) is 17.6 Å². The van der Waals surface area contributed by atoms with E-state index in [1.54, 1.807) is 40.7 Å². The van der Waals surface area contributed by atoms with Crippen LogP contribution in [0, 0.1) is 0 Å². The van der Waals surface area contributed by atoms with Crippen LogP contribution in [0.15, 0.2) is 64.3 Å². The molecule has 3 rings (SSSR count). The summed E-state index contributed by atoms with van der Waals surface area (Å²) in [6.07, 6.45) is 8.28. The van der Waals surface area contributed by atoms with Crippen LogP contribution >= 0.6 is 0 Å². The molecule has 1 amide bonds. The SMILES string of the molecule is CC(C(=O)N(Cc1ccco1)Cc1ccco1)n1ccnc1. The predicted octanol–water partition coefficient (Wildman–Crippen LogP) is 2.86. The molecule has 0 aliphatic carbocycles. The molecule has 0 aliphatic rings. The largest absolute Gasteiger partial charge is 0.467 e. The highest BCUT2D eigenvalue weighted by Crippen LogP contribution is 2.16. The van der Waals surface area contributed by atoms with Gasteiger partial charge in [-0.25, -0.2) is 4.98 Å². The van der Waals surface area contributed by atoms with Crippen molar-refractivity contribution in [3.63, 3.8) is 0 Å². The lowest BCUT2D eigenvalue weighted by Crippen LogP contribution is -2.35. The summed E-state index contributed by atoms with van der Waals surface area (Å²) in [5.41, 5.74) is 0. The number of rotatable bonds is 6. The van der Waals surface area contributed by atoms with Crippen molar-refractivity contribution in [2.24, 2.45) is 0 Å². The van der Waals surface area contributed by atoms with Crippen LogP contribution in [0.2, 0.25) is 0 Å². The molecule has 0 aliphatic heterocycles. The van der Waals surface area contributed by atoms with Crippen LogP contribution in [-0.4, -0.2) is 20.4 Å². The van der Waals surface area contributed by atoms with E-state index in [0.29, 0.717) is 13.1 Å². The summed E-state index contributed by atoms with van der Waals surface area (Å²) in [6.45, 7) is 2.64. The summed E-state index contributed by atoms with van der Waals surface area (Å²) in [4.78, 5) is 18.5. The van der Waals surface area contributed by atoms with Gasteiger partial charge in [-0.3, -0.25) is 4.79 Å². The summed E-state index contributed by atoms with van der Waals surface area (Å²) < 4.78 is 12.5. The molecule has 6 nitrogen and oxygen atoms in total. The number of hydrogen-bond acceptors (Lipinski definition) is 4. The molecular weight excluding hydrogens is 282 g/mol. The monoisotopic (exact) mass is 299 g/mol. The maximum absolute atomic E-state index is 12.8. The molecule has 0 radical (unpaired) electrons. The Kier molecular flexibility index (Phi) is 4.09. The van der Waals surface area contributed by atoms with E-state index in [2.05, 4.69) is 4.98 Å². The number of nitrogens with zero attached hydrogens (tertiary/aromatic N) is 3. The zero-order valence-corrected chi connectivity index (χ0v) is 12.3. The molecule has 3 aromatic heterocycles. The summed E-state index contributed by atoms with van der Waals surface area (Å²) in [5.74, 6) is 1.45. The topological polar surface area (TPSA) is 64.4 Å². The summed E-state index contributed by atoms with van der Waals surface area (Å²) >= 11 is 0. The second-order valence-electron chi connectivity index (χ2n) is 5.04. The van der Waals surface area contributed by atoms with Crippen LogP contribution in [0.5, 0.6) is 0 Å². The van der Waals surface area contributed by atoms with Crippen molar-refractivity contribution in [1.29, 1.82) is 0 Å². The Morgan fingerprint density at radius 2 is 1.86 bits per heavy atom. The molecule has 0 N–H and O–H groups in total. The molecule has 1 unspecified atom stereocenters. The fourth-order valence-electron chi connectivity index (χ4n) is 2.28. The average molecular weight is 299 g/mol. The average Bonchev–Trinajstić information content (AvgIpc) is 3.27. The zero-order chi connectivity index (χ0) is 15.4. The maximum atomic E-state index is 12.8. The minimum Gasteiger partial charge on any atom is -0.467 e. The van der Waals surface area contributed by atoms with E-state index in [4.69, 9.17) is 8.83 Å². The van der Waals surface area contributed by atoms with Crippen LogP contribution in [0.1, 0.15) is 24.5 Å². The molecule has 3 aromatic rings. The highest BCUT2D eigenvalue weighted by Gasteiger charge is 2.23. The Balaban J connectivity index is 1.78. The standard InChI is InChI=1S/C16H17N3O3/c1-13(18-7-6-17-12-18)16(20)19(10-14-4-2-8-21-14)11-15-5-3-9-22-15/h2-9,12-13H,10-11H2,1H3. The number of aromatic nitrogens is 2. The first-order valence-corrected chi connectivity index (χ1v) is 7.05. The van der Waals surface area contributed by atoms with Crippen LogP contribution in [0.25, 0.3) is 0 Å². The molecule has 0 bridgehead atoms. The van der Waals surface area contributed by atoms with Gasteiger partial charge in [0.25, 0.3) is 0 Å². The quantitative estimate of drug-likeness (QED) is 0.702. The fraction of sp³-hybridized carbons (Fsp3) is 0.250. The normalized spacial score (nSPS) is 12.2. The van der Waals surface area contributed by atoms with Gasteiger partial charge in [0.2, 0.25) is 5.91 Å². The smallest absolute Gasteiger partial charge is 0.246 e. The van der Waals surface area contributed by atoms with Gasteiger partial charge in [0, 0.05) is 12.4 Å². The lowest BCUT2D eigenvalue weighted by molar-refractivity contribution is -0.136. The van der Waals surface area contributed by atoms with Gasteiger partial charge < -0.3 is 18.3 Å². The first-order valence-electron chi connectivity index (χ1n) is 7.05. The van der Waals surface area contributed by atoms with Crippen LogP contribution in [-0.2, 0) is 17.9 Å². The van der Waals surface area contributed by atoms with Crippen molar-refractivity contribution in [2.45, 2.75) is 26.1 Å². The summed E-state index contributed by atoms with van der Waals surface area (Å²) in [5, 5.41) is 0. The third-order valence-corrected chi connectivity index (χ3v) is 3.49. The molecule has 6 heteroatoms. The molecule has 22 heavy (non-hydrogen) atoms. The number of carbonyl (C=O) groups excluding carboxylic acids is 1. The second-order valence-corrected chi connectivity index (χ2v) is 5.04. The van der Waals surface area contributed by atoms with E-state index in [0.717, 1.165) is 11.5 Å². The van der Waals surface area contributed by atoms with Crippen molar-refractivity contribution in [3.05, 3.63) is 67.0 Å². The number of imidazole rings is 1. The molecule has 0 saturated carbocycles. The Hall–Kier alpha value is -2.76. The van der Waals surface area contributed by atoms with E-state index < -0.39 is 0 Å². The minimum absolute atomic E-state index is 0.0224. The molecule has 0 aromatic carbocycles. The Morgan fingerprint density at radius 3 is 2.32 bits per heavy atom. The first-order chi connectivity index (χ1) is 10.7. The van der Waals surface area contributed by atoms with E-state index in [9.17, 15) is 4.79 Å². The molecule has 1 atom stereocenters. The van der Waals surface area contributed by atoms with Crippen LogP contribution < -0.4 is 0 Å². The van der Waals surface area contributed by atoms with Crippen molar-refractivity contribution >= 4 is 5.91 Å². The predicted molar refractivity (Wildman–Crippen MR) is 78.6 cm³/mol. The molecular formula is C16H17N3O3. The van der Waals surface area contributed by atoms with Crippen LogP contribution in [0.3, 0.4) is 0 Å². The molecule has 114 valence electrons. The van der Waals surface area contributed by atoms with E-state index >= 15 is 0 Å². The highest BCUT2D eigenvalue weighted by molar-refractivity contribution is 5.80. The van der Waals surface area contributed by atoms with Gasteiger partial charge in [-0.2, -0.15) is 0 Å². The van der Waals surface area contributed by atoms with Gasteiger partial charge in [-0.05, 0) is 31.2 Å². The van der Waals surface area contributed by atoms with Gasteiger partial charge in [-0.15, -0.1) is 0 Å². The number of carbonyl (C=O) groups is 1. The Bertz CT molecular complexity index is 651. The van der Waals surface area contributed by atoms with E-state index in [1.807, 2.05) is 31.2 Å². The fourth-order valence-corrected chi connectivity index (χ4v) is 2.28. The third-order valence-electron chi connectivity index (χ3n) is 3.49. The summed E-state index contributed by atoms with van der Waals surface area (Å²) in [7, 11) is 0. The Morgan fingerprint density at radius 1 is 1.23 bits per heavy atom. The van der Waals surface area contributed by atoms with Crippen molar-refractivity contribution in [2.75, 3.05) is 0 Å². The van der Waals surface area contributed by atoms with Crippen LogP contribution in [0.4, 0.5) is 0 Å². The number of furan rings is 2. The van der Waals surface area contributed by atoms with Gasteiger partial charge in [-0.1, -0.05) is 0 Å². The van der Waals surface area contributed by atoms with Gasteiger partial charge in [0.15, 0.2) is 0 Å². The molecule has 3 heterocycles. The van der Waals surface area contributed by atoms with Crippen molar-refractivity contribution < 1.29 is 13.6 Å². The lowest BCUT2D eigenvalue weighted by atomic mass is 10.2. The minimum atomic E-state index is -0.340. The van der Waals surface area contributed by atoms with Crippen molar-refractivity contribution in [3.8, 4) is 0 Å². The number of amides is 1. The highest BCUT2D eigenvalue weighted by atomic mass is 16.3. The number of hydrogen-bond donors (Lipinski definition) is 0. The molecule has 0 fully saturated rings. The van der Waals surface area contributed by atoms with Crippen molar-refractivity contribution in [1.82, 2.24) is 14.5 Å². The lowest BCUT2D eigenvalue weighted by Gasteiger charge is -2.24. The zero-order valence-electron chi connectivity index (χ0n) is 12.3. The van der Waals surface area contributed by atoms with E-state index in [1.165, 1.54) is 0 Å². The van der Waals surface area contributed by atoms with E-state index in [-0.39, 0.29) is 11.9 Å². The third kappa shape index (κ3) is 3.11.